The molecular weight excluding hydrogens is 372 g/mol. The van der Waals surface area contributed by atoms with Crippen LogP contribution in [-0.2, 0) is 14.3 Å². The van der Waals surface area contributed by atoms with Crippen LogP contribution < -0.4 is 0 Å². The van der Waals surface area contributed by atoms with Crippen LogP contribution in [0.2, 0.25) is 0 Å². The van der Waals surface area contributed by atoms with Gasteiger partial charge in [0.05, 0.1) is 0 Å². The van der Waals surface area contributed by atoms with Gasteiger partial charge in [0.25, 0.3) is 11.8 Å². The van der Waals surface area contributed by atoms with Crippen molar-refractivity contribution in [2.24, 2.45) is 0 Å². The highest BCUT2D eigenvalue weighted by Gasteiger charge is 2.54. The van der Waals surface area contributed by atoms with E-state index in [4.69, 9.17) is 4.74 Å². The van der Waals surface area contributed by atoms with Crippen molar-refractivity contribution >= 4 is 34.6 Å². The van der Waals surface area contributed by atoms with Crippen molar-refractivity contribution in [1.29, 1.82) is 0 Å². The van der Waals surface area contributed by atoms with Crippen LogP contribution in [0.25, 0.3) is 10.8 Å². The average molecular weight is 396 g/mol. The van der Waals surface area contributed by atoms with E-state index in [9.17, 15) is 19.2 Å². The van der Waals surface area contributed by atoms with E-state index >= 15 is 0 Å². The molecule has 2 aromatic rings. The number of rotatable bonds is 3. The Hall–Kier alpha value is -3.22. The highest BCUT2D eigenvalue weighted by molar-refractivity contribution is 6.24. The third-order valence-electron chi connectivity index (χ3n) is 4.75. The van der Waals surface area contributed by atoms with Crippen molar-refractivity contribution in [2.45, 2.75) is 45.8 Å². The molecular formula is C22H24N2O5. The summed E-state index contributed by atoms with van der Waals surface area (Å²) in [7, 11) is 0. The molecule has 7 nitrogen and oxygen atoms in total. The molecule has 1 saturated heterocycles. The summed E-state index contributed by atoms with van der Waals surface area (Å²) in [4.78, 5) is 53.1. The molecule has 1 aliphatic rings. The summed E-state index contributed by atoms with van der Waals surface area (Å²) in [5.74, 6) is -2.04. The second-order valence-corrected chi connectivity index (χ2v) is 8.49. The summed E-state index contributed by atoms with van der Waals surface area (Å²) in [5, 5.41) is 1.46. The smallest absolute Gasteiger partial charge is 0.335 e. The molecule has 29 heavy (non-hydrogen) atoms. The van der Waals surface area contributed by atoms with Gasteiger partial charge < -0.3 is 4.74 Å². The molecule has 0 aliphatic carbocycles. The van der Waals surface area contributed by atoms with Crippen molar-refractivity contribution in [3.63, 3.8) is 0 Å². The number of hydrogen-bond acceptors (Lipinski definition) is 5. The number of benzene rings is 2. The molecule has 152 valence electrons. The number of esters is 1. The van der Waals surface area contributed by atoms with Gasteiger partial charge in [-0.05, 0) is 51.5 Å². The van der Waals surface area contributed by atoms with E-state index in [-0.39, 0.29) is 5.56 Å². The minimum absolute atomic E-state index is 0.250. The summed E-state index contributed by atoms with van der Waals surface area (Å²) >= 11 is 0. The summed E-state index contributed by atoms with van der Waals surface area (Å²) < 4.78 is 5.27. The van der Waals surface area contributed by atoms with E-state index in [1.807, 2.05) is 18.2 Å². The number of fused-ring (bicyclic) bond motifs is 1. The van der Waals surface area contributed by atoms with E-state index in [0.29, 0.717) is 10.3 Å². The first-order valence-electron chi connectivity index (χ1n) is 9.33. The molecule has 1 aliphatic heterocycles. The fourth-order valence-electron chi connectivity index (χ4n) is 3.32. The van der Waals surface area contributed by atoms with Gasteiger partial charge in [-0.2, -0.15) is 4.90 Å². The maximum absolute atomic E-state index is 13.2. The van der Waals surface area contributed by atoms with Crippen molar-refractivity contribution in [3.05, 3.63) is 48.0 Å². The molecule has 2 aromatic carbocycles. The quantitative estimate of drug-likeness (QED) is 0.451. The zero-order valence-corrected chi connectivity index (χ0v) is 17.2. The topological polar surface area (TPSA) is 84.0 Å². The van der Waals surface area contributed by atoms with Crippen molar-refractivity contribution in [1.82, 2.24) is 9.80 Å². The molecule has 0 unspecified atom stereocenters. The molecule has 0 aromatic heterocycles. The Balaban J connectivity index is 1.94. The molecule has 0 atom stereocenters. The van der Waals surface area contributed by atoms with Crippen LogP contribution in [0.4, 0.5) is 4.79 Å². The summed E-state index contributed by atoms with van der Waals surface area (Å²) in [5.41, 5.74) is -1.83. The number of imide groups is 3. The lowest BCUT2D eigenvalue weighted by Crippen LogP contribution is -2.47. The van der Waals surface area contributed by atoms with E-state index in [1.165, 1.54) is 13.8 Å². The van der Waals surface area contributed by atoms with E-state index in [0.717, 1.165) is 10.3 Å². The lowest BCUT2D eigenvalue weighted by molar-refractivity contribution is -0.156. The van der Waals surface area contributed by atoms with Gasteiger partial charge in [-0.15, -0.1) is 0 Å². The largest absolute Gasteiger partial charge is 0.459 e. The fraction of sp³-hybridized carbons (Fsp3) is 0.364. The van der Waals surface area contributed by atoms with Gasteiger partial charge in [-0.3, -0.25) is 19.3 Å². The summed E-state index contributed by atoms with van der Waals surface area (Å²) in [6.45, 7) is 7.73. The number of nitrogens with zero attached hydrogens (tertiary/aromatic N) is 2. The molecule has 1 fully saturated rings. The standard InChI is InChI=1S/C22H24N2O5/c1-21(2,3)29-17(25)13-23-20(28)24(19(27)22(23,4)5)18(26)16-12-8-10-14-9-6-7-11-15(14)16/h6-12H,13H2,1-5H3. The molecule has 1 heterocycles. The Labute approximate surface area is 169 Å². The fourth-order valence-corrected chi connectivity index (χ4v) is 3.32. The summed E-state index contributed by atoms with van der Waals surface area (Å²) in [6, 6.07) is 11.5. The number of urea groups is 1. The Morgan fingerprint density at radius 1 is 1.00 bits per heavy atom. The van der Waals surface area contributed by atoms with Gasteiger partial charge in [0.1, 0.15) is 17.7 Å². The number of carbonyl (C=O) groups is 4. The highest BCUT2D eigenvalue weighted by atomic mass is 16.6. The van der Waals surface area contributed by atoms with Crippen molar-refractivity contribution in [2.75, 3.05) is 6.54 Å². The predicted octanol–water partition coefficient (Wildman–Crippen LogP) is 3.36. The third kappa shape index (κ3) is 3.72. The zero-order valence-electron chi connectivity index (χ0n) is 17.2. The first kappa shape index (κ1) is 20.5. The minimum atomic E-state index is -1.35. The summed E-state index contributed by atoms with van der Waals surface area (Å²) in [6.07, 6.45) is 0. The molecule has 0 spiro atoms. The van der Waals surface area contributed by atoms with Gasteiger partial charge in [-0.25, -0.2) is 4.79 Å². The number of hydrogen-bond donors (Lipinski definition) is 0. The maximum atomic E-state index is 13.2. The van der Waals surface area contributed by atoms with Gasteiger partial charge in [-0.1, -0.05) is 36.4 Å². The normalized spacial score (nSPS) is 16.4. The molecule has 7 heteroatoms. The van der Waals surface area contributed by atoms with Crippen LogP contribution in [0.15, 0.2) is 42.5 Å². The SMILES string of the molecule is CC(C)(C)OC(=O)CN1C(=O)N(C(=O)c2cccc3ccccc23)C(=O)C1(C)C. The van der Waals surface area contributed by atoms with Gasteiger partial charge in [0.15, 0.2) is 0 Å². The average Bonchev–Trinajstić information content (AvgIpc) is 2.79. The van der Waals surface area contributed by atoms with Crippen LogP contribution in [0.1, 0.15) is 45.0 Å². The van der Waals surface area contributed by atoms with Gasteiger partial charge in [0.2, 0.25) is 0 Å². The molecule has 0 N–H and O–H groups in total. The van der Waals surface area contributed by atoms with Crippen LogP contribution in [0.5, 0.6) is 0 Å². The molecule has 3 rings (SSSR count). The molecule has 0 radical (unpaired) electrons. The first-order chi connectivity index (χ1) is 13.4. The van der Waals surface area contributed by atoms with Crippen LogP contribution in [0, 0.1) is 0 Å². The Morgan fingerprint density at radius 2 is 1.62 bits per heavy atom. The van der Waals surface area contributed by atoms with Gasteiger partial charge in [0, 0.05) is 5.56 Å². The van der Waals surface area contributed by atoms with E-state index in [2.05, 4.69) is 0 Å². The Morgan fingerprint density at radius 3 is 2.28 bits per heavy atom. The van der Waals surface area contributed by atoms with E-state index in [1.54, 1.807) is 45.0 Å². The minimum Gasteiger partial charge on any atom is -0.459 e. The zero-order chi connectivity index (χ0) is 21.6. The second-order valence-electron chi connectivity index (χ2n) is 8.49. The van der Waals surface area contributed by atoms with Crippen molar-refractivity contribution in [3.8, 4) is 0 Å². The van der Waals surface area contributed by atoms with Gasteiger partial charge >= 0.3 is 12.0 Å². The van der Waals surface area contributed by atoms with Crippen LogP contribution >= 0.6 is 0 Å². The van der Waals surface area contributed by atoms with Crippen LogP contribution in [-0.4, -0.2) is 51.3 Å². The van der Waals surface area contributed by atoms with Crippen molar-refractivity contribution < 1.29 is 23.9 Å². The number of amides is 4. The highest BCUT2D eigenvalue weighted by Crippen LogP contribution is 2.30. The number of carbonyl (C=O) groups excluding carboxylic acids is 4. The number of ether oxygens (including phenoxy) is 1. The monoisotopic (exact) mass is 396 g/mol. The predicted molar refractivity (Wildman–Crippen MR) is 107 cm³/mol. The first-order valence-corrected chi connectivity index (χ1v) is 9.33. The maximum Gasteiger partial charge on any atom is 0.335 e. The molecule has 0 saturated carbocycles. The Bertz CT molecular complexity index is 1010. The second kappa shape index (κ2) is 6.99. The lowest BCUT2D eigenvalue weighted by Gasteiger charge is -2.28. The Kier molecular flexibility index (Phi) is 4.94. The van der Waals surface area contributed by atoms with Crippen LogP contribution in [0.3, 0.4) is 0 Å². The lowest BCUT2D eigenvalue weighted by atomic mass is 10.0. The molecule has 0 bridgehead atoms. The molecule has 4 amide bonds. The third-order valence-corrected chi connectivity index (χ3v) is 4.75. The van der Waals surface area contributed by atoms with E-state index < -0.39 is 41.5 Å².